The number of anilines is 1. The minimum Gasteiger partial charge on any atom is -0.469 e. The van der Waals surface area contributed by atoms with Crippen LogP contribution in [0.3, 0.4) is 0 Å². The van der Waals surface area contributed by atoms with E-state index in [1.165, 1.54) is 19.6 Å². The van der Waals surface area contributed by atoms with Gasteiger partial charge in [0, 0.05) is 58.3 Å². The smallest absolute Gasteiger partial charge is 0.283 e. The maximum Gasteiger partial charge on any atom is 0.283 e. The zero-order chi connectivity index (χ0) is 27.7. The van der Waals surface area contributed by atoms with Gasteiger partial charge >= 0.3 is 0 Å². The van der Waals surface area contributed by atoms with Crippen molar-refractivity contribution in [1.82, 2.24) is 18.4 Å². The molecule has 3 N–H and O–H groups in total. The molecule has 2 aliphatic heterocycles. The van der Waals surface area contributed by atoms with Crippen LogP contribution < -0.4 is 10.6 Å². The summed E-state index contributed by atoms with van der Waals surface area (Å²) in [6.45, 7) is 3.92. The van der Waals surface area contributed by atoms with Crippen molar-refractivity contribution < 1.29 is 22.7 Å². The van der Waals surface area contributed by atoms with E-state index in [0.717, 1.165) is 17.5 Å². The highest BCUT2D eigenvalue weighted by atomic mass is 32.2. The first-order valence-electron chi connectivity index (χ1n) is 13.3. The predicted molar refractivity (Wildman–Crippen MR) is 147 cm³/mol. The number of piperidine rings is 1. The van der Waals surface area contributed by atoms with E-state index in [2.05, 4.69) is 0 Å². The minimum absolute atomic E-state index is 0.123. The molecule has 0 bridgehead atoms. The van der Waals surface area contributed by atoms with Crippen molar-refractivity contribution in [2.24, 2.45) is 5.73 Å². The normalized spacial score (nSPS) is 20.9. The number of hydrogen-bond donors (Lipinski definition) is 2. The molecular formula is C27H36N6O5S. The van der Waals surface area contributed by atoms with E-state index in [-0.39, 0.29) is 24.9 Å². The Morgan fingerprint density at radius 1 is 1.13 bits per heavy atom. The molecule has 0 aliphatic carbocycles. The molecule has 2 fully saturated rings. The van der Waals surface area contributed by atoms with E-state index in [1.807, 2.05) is 42.3 Å². The number of carbonyl (C=O) groups is 1. The lowest BCUT2D eigenvalue weighted by atomic mass is 9.96. The van der Waals surface area contributed by atoms with Crippen LogP contribution >= 0.6 is 0 Å². The van der Waals surface area contributed by atoms with E-state index >= 15 is 0 Å². The summed E-state index contributed by atoms with van der Waals surface area (Å²) in [4.78, 5) is 15.5. The Labute approximate surface area is 229 Å². The number of rotatable bonds is 8. The van der Waals surface area contributed by atoms with Crippen molar-refractivity contribution in [3.05, 3.63) is 70.8 Å². The van der Waals surface area contributed by atoms with Crippen molar-refractivity contribution in [2.45, 2.75) is 51.3 Å². The van der Waals surface area contributed by atoms with E-state index in [0.29, 0.717) is 61.9 Å². The van der Waals surface area contributed by atoms with Gasteiger partial charge in [0.2, 0.25) is 0 Å². The molecule has 0 saturated carbocycles. The lowest BCUT2D eigenvalue weighted by Crippen LogP contribution is -2.47. The average molecular weight is 557 g/mol. The number of nitrogens with zero attached hydrogens (tertiary/aromatic N) is 5. The zero-order valence-corrected chi connectivity index (χ0v) is 23.2. The summed E-state index contributed by atoms with van der Waals surface area (Å²) in [6.07, 6.45) is 2.68. The lowest BCUT2D eigenvalue weighted by molar-refractivity contribution is 0.0945. The number of aliphatic hydroxyl groups excluding tert-OH is 1. The second kappa shape index (κ2) is 11.2. The predicted octanol–water partition coefficient (Wildman–Crippen LogP) is 2.06. The fourth-order valence-electron chi connectivity index (χ4n) is 5.30. The van der Waals surface area contributed by atoms with E-state index in [4.69, 9.17) is 15.2 Å². The van der Waals surface area contributed by atoms with Crippen molar-refractivity contribution in [1.29, 1.82) is 0 Å². The first-order valence-corrected chi connectivity index (χ1v) is 14.7. The minimum atomic E-state index is -3.68. The van der Waals surface area contributed by atoms with Crippen LogP contribution in [0.4, 0.5) is 5.82 Å². The summed E-state index contributed by atoms with van der Waals surface area (Å²) >= 11 is 0. The summed E-state index contributed by atoms with van der Waals surface area (Å²) in [5.41, 5.74) is 8.89. The molecule has 3 aromatic rings. The third kappa shape index (κ3) is 5.80. The van der Waals surface area contributed by atoms with Crippen molar-refractivity contribution in [3.8, 4) is 0 Å². The maximum absolute atomic E-state index is 13.5. The fraction of sp³-hybridized carbons (Fsp3) is 0.481. The summed E-state index contributed by atoms with van der Waals surface area (Å²) in [5.74, 6) is 0.752. The Morgan fingerprint density at radius 2 is 1.85 bits per heavy atom. The van der Waals surface area contributed by atoms with Gasteiger partial charge in [-0.15, -0.1) is 0 Å². The lowest BCUT2D eigenvalue weighted by Gasteiger charge is -2.33. The molecule has 2 aliphatic rings. The van der Waals surface area contributed by atoms with Gasteiger partial charge in [-0.3, -0.25) is 4.79 Å². The monoisotopic (exact) mass is 556 g/mol. The molecule has 2 saturated heterocycles. The van der Waals surface area contributed by atoms with Crippen LogP contribution in [0.2, 0.25) is 0 Å². The molecular weight excluding hydrogens is 520 g/mol. The quantitative estimate of drug-likeness (QED) is 0.430. The summed E-state index contributed by atoms with van der Waals surface area (Å²) < 4.78 is 36.1. The van der Waals surface area contributed by atoms with Crippen LogP contribution in [0, 0.1) is 6.92 Å². The number of aryl methyl sites for hydroxylation is 1. The van der Waals surface area contributed by atoms with Gasteiger partial charge in [-0.1, -0.05) is 24.3 Å². The molecule has 0 radical (unpaired) electrons. The van der Waals surface area contributed by atoms with Crippen molar-refractivity contribution in [3.63, 3.8) is 0 Å². The SMILES string of the molecule is Cc1cc(C(=O)n2nc(C3CCCN(S(=O)(=O)N4CCC(O)C4)C3)cc2N(C)Cc2ccc(CN)cc2)co1. The molecule has 2 aromatic heterocycles. The van der Waals surface area contributed by atoms with Gasteiger partial charge in [-0.25, -0.2) is 0 Å². The molecule has 2 unspecified atom stereocenters. The van der Waals surface area contributed by atoms with Gasteiger partial charge in [0.15, 0.2) is 0 Å². The number of aromatic nitrogens is 2. The van der Waals surface area contributed by atoms with Gasteiger partial charge in [0.25, 0.3) is 16.1 Å². The summed E-state index contributed by atoms with van der Waals surface area (Å²) in [5, 5.41) is 14.6. The molecule has 0 amide bonds. The topological polar surface area (TPSA) is 138 Å². The molecule has 12 heteroatoms. The summed E-state index contributed by atoms with van der Waals surface area (Å²) in [6, 6.07) is 11.6. The Kier molecular flexibility index (Phi) is 7.92. The number of carbonyl (C=O) groups excluding carboxylic acids is 1. The highest BCUT2D eigenvalue weighted by Crippen LogP contribution is 2.32. The third-order valence-corrected chi connectivity index (χ3v) is 9.50. The molecule has 4 heterocycles. The molecule has 0 spiro atoms. The second-order valence-electron chi connectivity index (χ2n) is 10.5. The fourth-order valence-corrected chi connectivity index (χ4v) is 7.05. The maximum atomic E-state index is 13.5. The van der Waals surface area contributed by atoms with Crippen molar-refractivity contribution in [2.75, 3.05) is 38.1 Å². The summed E-state index contributed by atoms with van der Waals surface area (Å²) in [7, 11) is -1.78. The van der Waals surface area contributed by atoms with Crippen LogP contribution in [0.5, 0.6) is 0 Å². The van der Waals surface area contributed by atoms with E-state index in [1.54, 1.807) is 13.0 Å². The molecule has 1 aromatic carbocycles. The second-order valence-corrected chi connectivity index (χ2v) is 12.4. The number of β-amino-alcohol motifs (C(OH)–C–C–N with tert-alkyl or cyclic N) is 1. The average Bonchev–Trinajstić information content (AvgIpc) is 3.69. The van der Waals surface area contributed by atoms with Gasteiger partial charge < -0.3 is 20.2 Å². The highest BCUT2D eigenvalue weighted by molar-refractivity contribution is 7.86. The van der Waals surface area contributed by atoms with Gasteiger partial charge in [0.05, 0.1) is 17.4 Å². The number of aliphatic hydroxyl groups is 1. The first-order chi connectivity index (χ1) is 18.7. The molecule has 210 valence electrons. The van der Waals surface area contributed by atoms with Crippen molar-refractivity contribution >= 4 is 21.9 Å². The Hall–Kier alpha value is -3.03. The number of furan rings is 1. The van der Waals surface area contributed by atoms with Gasteiger partial charge in [-0.05, 0) is 43.4 Å². The number of hydrogen-bond acceptors (Lipinski definition) is 8. The van der Waals surface area contributed by atoms with Crippen LogP contribution in [-0.2, 0) is 23.3 Å². The van der Waals surface area contributed by atoms with Crippen LogP contribution in [0.1, 0.15) is 58.1 Å². The van der Waals surface area contributed by atoms with Crippen LogP contribution in [-0.4, -0.2) is 77.2 Å². The van der Waals surface area contributed by atoms with Crippen LogP contribution in [0.15, 0.2) is 47.1 Å². The third-order valence-electron chi connectivity index (χ3n) is 7.53. The van der Waals surface area contributed by atoms with Gasteiger partial charge in [-0.2, -0.15) is 26.8 Å². The van der Waals surface area contributed by atoms with E-state index in [9.17, 15) is 18.3 Å². The molecule has 2 atom stereocenters. The number of nitrogens with two attached hydrogens (primary N) is 1. The van der Waals surface area contributed by atoms with Crippen LogP contribution in [0.25, 0.3) is 0 Å². The van der Waals surface area contributed by atoms with Gasteiger partial charge in [0.1, 0.15) is 17.8 Å². The highest BCUT2D eigenvalue weighted by Gasteiger charge is 2.38. The molecule has 5 rings (SSSR count). The largest absolute Gasteiger partial charge is 0.469 e. The Balaban J connectivity index is 1.43. The zero-order valence-electron chi connectivity index (χ0n) is 22.4. The van der Waals surface area contributed by atoms with E-state index < -0.39 is 16.3 Å². The first kappa shape index (κ1) is 27.5. The Bertz CT molecular complexity index is 1420. The Morgan fingerprint density at radius 3 is 2.49 bits per heavy atom. The number of benzene rings is 1. The standard InChI is InChI=1S/C27H36N6O5S/c1-19-12-23(18-38-19)27(35)33-26(30(2)15-21-7-5-20(14-28)6-8-21)13-25(29-33)22-4-3-10-31(16-22)39(36,37)32-11-9-24(34)17-32/h5-8,12-13,18,22,24,34H,3-4,9-11,14-17,28H2,1-2H3. The molecule has 39 heavy (non-hydrogen) atoms. The molecule has 11 nitrogen and oxygen atoms in total.